The smallest absolute Gasteiger partial charge is 0.135 e. The van der Waals surface area contributed by atoms with Crippen molar-refractivity contribution in [2.24, 2.45) is 0 Å². The normalized spacial score (nSPS) is 13.3. The number of nitrogens with zero attached hydrogens (tertiary/aromatic N) is 4. The van der Waals surface area contributed by atoms with Crippen molar-refractivity contribution >= 4 is 11.0 Å². The van der Waals surface area contributed by atoms with Gasteiger partial charge in [-0.25, -0.2) is 8.78 Å². The fraction of sp³-hybridized carbons (Fsp3) is 0.150. The molecule has 0 fully saturated rings. The molecule has 0 spiro atoms. The van der Waals surface area contributed by atoms with Crippen LogP contribution in [0.4, 0.5) is 8.78 Å². The van der Waals surface area contributed by atoms with Crippen molar-refractivity contribution in [2.75, 3.05) is 0 Å². The molecule has 128 valence electrons. The van der Waals surface area contributed by atoms with Gasteiger partial charge in [0.15, 0.2) is 0 Å². The highest BCUT2D eigenvalue weighted by atomic mass is 19.1. The molecule has 2 aromatic carbocycles. The highest BCUT2D eigenvalue weighted by Gasteiger charge is 2.25. The highest BCUT2D eigenvalue weighted by molar-refractivity contribution is 5.88. The second-order valence-corrected chi connectivity index (χ2v) is 6.38. The van der Waals surface area contributed by atoms with E-state index in [1.54, 1.807) is 12.4 Å². The lowest BCUT2D eigenvalue weighted by Gasteiger charge is -2.07. The number of aromatic nitrogens is 4. The summed E-state index contributed by atoms with van der Waals surface area (Å²) in [6.45, 7) is 0.804. The Labute approximate surface area is 148 Å². The molecule has 0 saturated heterocycles. The van der Waals surface area contributed by atoms with Gasteiger partial charge in [0.25, 0.3) is 0 Å². The van der Waals surface area contributed by atoms with E-state index in [0.717, 1.165) is 53.3 Å². The molecule has 5 rings (SSSR count). The minimum absolute atomic E-state index is 0.308. The first-order chi connectivity index (χ1) is 12.7. The predicted octanol–water partition coefficient (Wildman–Crippen LogP) is 4.38. The average molecular weight is 348 g/mol. The maximum absolute atomic E-state index is 14.4. The van der Waals surface area contributed by atoms with Gasteiger partial charge < -0.3 is 0 Å². The van der Waals surface area contributed by atoms with Gasteiger partial charge in [-0.15, -0.1) is 0 Å². The molecule has 0 saturated carbocycles. The number of rotatable bonds is 2. The highest BCUT2D eigenvalue weighted by Crippen LogP contribution is 2.39. The summed E-state index contributed by atoms with van der Waals surface area (Å²) in [4.78, 5) is 8.66. The van der Waals surface area contributed by atoms with Crippen molar-refractivity contribution in [2.45, 2.75) is 19.4 Å². The molecule has 26 heavy (non-hydrogen) atoms. The van der Waals surface area contributed by atoms with Crippen molar-refractivity contribution in [3.8, 4) is 22.4 Å². The topological polar surface area (TPSA) is 43.6 Å². The average Bonchev–Trinajstić information content (AvgIpc) is 3.22. The summed E-state index contributed by atoms with van der Waals surface area (Å²) in [6.07, 6.45) is 5.19. The lowest BCUT2D eigenvalue weighted by molar-refractivity contribution is 0.584. The number of benzene rings is 2. The van der Waals surface area contributed by atoms with Gasteiger partial charge in [-0.05, 0) is 42.7 Å². The predicted molar refractivity (Wildman–Crippen MR) is 94.4 cm³/mol. The molecule has 4 nitrogen and oxygen atoms in total. The van der Waals surface area contributed by atoms with Crippen LogP contribution in [0.1, 0.15) is 12.1 Å². The Balaban J connectivity index is 1.77. The van der Waals surface area contributed by atoms with Crippen LogP contribution in [-0.4, -0.2) is 19.7 Å². The van der Waals surface area contributed by atoms with E-state index in [-0.39, 0.29) is 0 Å². The Morgan fingerprint density at radius 3 is 2.62 bits per heavy atom. The van der Waals surface area contributed by atoms with E-state index < -0.39 is 11.6 Å². The zero-order chi connectivity index (χ0) is 17.7. The monoisotopic (exact) mass is 348 g/mol. The fourth-order valence-corrected chi connectivity index (χ4v) is 3.62. The van der Waals surface area contributed by atoms with Crippen LogP contribution in [0, 0.1) is 11.6 Å². The first-order valence-corrected chi connectivity index (χ1v) is 8.47. The van der Waals surface area contributed by atoms with E-state index in [4.69, 9.17) is 0 Å². The molecular weight excluding hydrogens is 334 g/mol. The van der Waals surface area contributed by atoms with Crippen LogP contribution < -0.4 is 0 Å². The van der Waals surface area contributed by atoms with Crippen molar-refractivity contribution in [3.63, 3.8) is 0 Å². The largest absolute Gasteiger partial charge is 0.268 e. The number of aryl methyl sites for hydroxylation is 1. The maximum atomic E-state index is 14.4. The van der Waals surface area contributed by atoms with Crippen molar-refractivity contribution in [1.29, 1.82) is 0 Å². The molecule has 1 aliphatic heterocycles. The second-order valence-electron chi connectivity index (χ2n) is 6.38. The third-order valence-corrected chi connectivity index (χ3v) is 4.79. The maximum Gasteiger partial charge on any atom is 0.135 e. The Hall–Kier alpha value is -3.15. The Morgan fingerprint density at radius 1 is 0.923 bits per heavy atom. The lowest BCUT2D eigenvalue weighted by atomic mass is 9.97. The molecule has 0 N–H and O–H groups in total. The Morgan fingerprint density at radius 2 is 1.77 bits per heavy atom. The van der Waals surface area contributed by atoms with Crippen LogP contribution in [-0.2, 0) is 13.0 Å². The van der Waals surface area contributed by atoms with Crippen LogP contribution in [0.3, 0.4) is 0 Å². The SMILES string of the molecule is Fc1ccc(-c2nn3c(c2-c2ccc4nccnc4c2)CCC3)c(F)c1. The Bertz CT molecular complexity index is 1150. The van der Waals surface area contributed by atoms with Crippen molar-refractivity contribution in [3.05, 3.63) is 66.1 Å². The van der Waals surface area contributed by atoms with Gasteiger partial charge in [-0.3, -0.25) is 14.6 Å². The molecule has 1 aliphatic rings. The number of halogens is 2. The van der Waals surface area contributed by atoms with Gasteiger partial charge in [-0.1, -0.05) is 6.07 Å². The summed E-state index contributed by atoms with van der Waals surface area (Å²) in [5.41, 5.74) is 5.30. The molecule has 6 heteroatoms. The summed E-state index contributed by atoms with van der Waals surface area (Å²) in [5.74, 6) is -1.20. The first kappa shape index (κ1) is 15.1. The van der Waals surface area contributed by atoms with Gasteiger partial charge in [0, 0.05) is 41.8 Å². The first-order valence-electron chi connectivity index (χ1n) is 8.47. The van der Waals surface area contributed by atoms with Gasteiger partial charge >= 0.3 is 0 Å². The van der Waals surface area contributed by atoms with Crippen LogP contribution >= 0.6 is 0 Å². The number of hydrogen-bond donors (Lipinski definition) is 0. The van der Waals surface area contributed by atoms with Gasteiger partial charge in [0.2, 0.25) is 0 Å². The van der Waals surface area contributed by atoms with Gasteiger partial charge in [0.05, 0.1) is 11.0 Å². The van der Waals surface area contributed by atoms with E-state index in [1.165, 1.54) is 12.1 Å². The van der Waals surface area contributed by atoms with Gasteiger partial charge in [-0.2, -0.15) is 5.10 Å². The lowest BCUT2D eigenvalue weighted by Crippen LogP contribution is -1.95. The minimum atomic E-state index is -0.608. The van der Waals surface area contributed by atoms with Crippen LogP contribution in [0.2, 0.25) is 0 Å². The van der Waals surface area contributed by atoms with Crippen LogP contribution in [0.25, 0.3) is 33.4 Å². The van der Waals surface area contributed by atoms with E-state index in [9.17, 15) is 8.78 Å². The summed E-state index contributed by atoms with van der Waals surface area (Å²) in [6, 6.07) is 9.42. The second kappa shape index (κ2) is 5.69. The molecule has 4 aromatic rings. The fourth-order valence-electron chi connectivity index (χ4n) is 3.62. The molecular formula is C20H14F2N4. The molecule has 0 radical (unpaired) electrons. The van der Waals surface area contributed by atoms with Crippen LogP contribution in [0.5, 0.6) is 0 Å². The summed E-state index contributed by atoms with van der Waals surface area (Å²) < 4.78 is 29.7. The van der Waals surface area contributed by atoms with Gasteiger partial charge in [0.1, 0.15) is 17.3 Å². The third kappa shape index (κ3) is 2.29. The number of fused-ring (bicyclic) bond motifs is 2. The molecule has 0 aliphatic carbocycles. The quantitative estimate of drug-likeness (QED) is 0.540. The molecule has 2 aromatic heterocycles. The van der Waals surface area contributed by atoms with E-state index >= 15 is 0 Å². The molecule has 0 amide bonds. The molecule has 3 heterocycles. The van der Waals surface area contributed by atoms with E-state index in [2.05, 4.69) is 15.1 Å². The standard InChI is InChI=1S/C20H14F2N4/c21-13-4-5-14(15(22)11-13)20-19(18-2-1-9-26(18)25-20)12-3-6-16-17(10-12)24-8-7-23-16/h3-8,10-11H,1-2,9H2. The summed E-state index contributed by atoms with van der Waals surface area (Å²) >= 11 is 0. The van der Waals surface area contributed by atoms with E-state index in [1.807, 2.05) is 22.9 Å². The zero-order valence-electron chi connectivity index (χ0n) is 13.8. The third-order valence-electron chi connectivity index (χ3n) is 4.79. The van der Waals surface area contributed by atoms with Crippen LogP contribution in [0.15, 0.2) is 48.8 Å². The molecule has 0 bridgehead atoms. The number of hydrogen-bond acceptors (Lipinski definition) is 3. The van der Waals surface area contributed by atoms with Crippen molar-refractivity contribution < 1.29 is 8.78 Å². The Kier molecular flexibility index (Phi) is 3.31. The minimum Gasteiger partial charge on any atom is -0.268 e. The zero-order valence-corrected chi connectivity index (χ0v) is 13.8. The molecule has 0 atom stereocenters. The van der Waals surface area contributed by atoms with Crippen molar-refractivity contribution in [1.82, 2.24) is 19.7 Å². The summed E-state index contributed by atoms with van der Waals surface area (Å²) in [5, 5.41) is 4.63. The van der Waals surface area contributed by atoms with E-state index in [0.29, 0.717) is 11.3 Å². The molecule has 0 unspecified atom stereocenters. The summed E-state index contributed by atoms with van der Waals surface area (Å²) in [7, 11) is 0.